The van der Waals surface area contributed by atoms with Crippen molar-refractivity contribution in [2.75, 3.05) is 13.7 Å². The zero-order chi connectivity index (χ0) is 11.3. The van der Waals surface area contributed by atoms with Gasteiger partial charge in [0, 0.05) is 17.7 Å². The van der Waals surface area contributed by atoms with Gasteiger partial charge in [-0.15, -0.1) is 0 Å². The Kier molecular flexibility index (Phi) is 5.02. The standard InChI is InChI=1S/C11H14ClFO2/c1-15-7-8(14)5-6-9-10(12)3-2-4-11(9)13/h2-4,8,14H,5-7H2,1H3. The van der Waals surface area contributed by atoms with E-state index >= 15 is 0 Å². The molecule has 0 saturated carbocycles. The van der Waals surface area contributed by atoms with Crippen LogP contribution < -0.4 is 0 Å². The van der Waals surface area contributed by atoms with E-state index in [1.54, 1.807) is 12.1 Å². The number of aliphatic hydroxyl groups is 1. The topological polar surface area (TPSA) is 29.5 Å². The van der Waals surface area contributed by atoms with Crippen molar-refractivity contribution in [2.45, 2.75) is 18.9 Å². The van der Waals surface area contributed by atoms with Gasteiger partial charge in [0.25, 0.3) is 0 Å². The third-order valence-corrected chi connectivity index (χ3v) is 2.50. The first-order chi connectivity index (χ1) is 7.15. The third-order valence-electron chi connectivity index (χ3n) is 2.15. The van der Waals surface area contributed by atoms with E-state index in [-0.39, 0.29) is 12.4 Å². The highest BCUT2D eigenvalue weighted by Gasteiger charge is 2.09. The zero-order valence-corrected chi connectivity index (χ0v) is 9.30. The second kappa shape index (κ2) is 6.05. The lowest BCUT2D eigenvalue weighted by Crippen LogP contribution is -2.15. The Morgan fingerprint density at radius 1 is 1.53 bits per heavy atom. The lowest BCUT2D eigenvalue weighted by Gasteiger charge is -2.10. The van der Waals surface area contributed by atoms with Crippen LogP contribution in [0.3, 0.4) is 0 Å². The second-order valence-electron chi connectivity index (χ2n) is 3.35. The molecule has 0 aliphatic carbocycles. The molecular formula is C11H14ClFO2. The number of hydrogen-bond acceptors (Lipinski definition) is 2. The Hall–Kier alpha value is -0.640. The zero-order valence-electron chi connectivity index (χ0n) is 8.54. The summed E-state index contributed by atoms with van der Waals surface area (Å²) in [4.78, 5) is 0. The van der Waals surface area contributed by atoms with Crippen molar-refractivity contribution in [1.29, 1.82) is 0 Å². The number of aliphatic hydroxyl groups excluding tert-OH is 1. The molecule has 0 fully saturated rings. The van der Waals surface area contributed by atoms with Crippen LogP contribution in [0, 0.1) is 5.82 Å². The fourth-order valence-electron chi connectivity index (χ4n) is 1.36. The Bertz CT molecular complexity index is 297. The van der Waals surface area contributed by atoms with Gasteiger partial charge in [-0.1, -0.05) is 17.7 Å². The predicted octanol–water partition coefficient (Wildman–Crippen LogP) is 2.42. The van der Waals surface area contributed by atoms with E-state index in [0.717, 1.165) is 0 Å². The minimum atomic E-state index is -0.578. The number of halogens is 2. The summed E-state index contributed by atoms with van der Waals surface area (Å²) < 4.78 is 18.1. The van der Waals surface area contributed by atoms with E-state index in [2.05, 4.69) is 0 Å². The van der Waals surface area contributed by atoms with Gasteiger partial charge in [-0.25, -0.2) is 4.39 Å². The van der Waals surface area contributed by atoms with E-state index in [1.807, 2.05) is 0 Å². The molecule has 0 heterocycles. The first-order valence-electron chi connectivity index (χ1n) is 4.75. The van der Waals surface area contributed by atoms with E-state index in [0.29, 0.717) is 23.4 Å². The monoisotopic (exact) mass is 232 g/mol. The van der Waals surface area contributed by atoms with E-state index in [4.69, 9.17) is 16.3 Å². The summed E-state index contributed by atoms with van der Waals surface area (Å²) in [7, 11) is 1.51. The molecule has 0 bridgehead atoms. The predicted molar refractivity (Wildman–Crippen MR) is 57.6 cm³/mol. The molecule has 2 nitrogen and oxygen atoms in total. The SMILES string of the molecule is COCC(O)CCc1c(F)cccc1Cl. The number of hydrogen-bond donors (Lipinski definition) is 1. The van der Waals surface area contributed by atoms with Crippen molar-refractivity contribution in [3.05, 3.63) is 34.6 Å². The van der Waals surface area contributed by atoms with Crippen LogP contribution in [0.25, 0.3) is 0 Å². The lowest BCUT2D eigenvalue weighted by atomic mass is 10.1. The van der Waals surface area contributed by atoms with Crippen LogP contribution in [0.15, 0.2) is 18.2 Å². The largest absolute Gasteiger partial charge is 0.391 e. The number of ether oxygens (including phenoxy) is 1. The fourth-order valence-corrected chi connectivity index (χ4v) is 1.62. The summed E-state index contributed by atoms with van der Waals surface area (Å²) >= 11 is 5.84. The van der Waals surface area contributed by atoms with Crippen LogP contribution in [0.5, 0.6) is 0 Å². The maximum Gasteiger partial charge on any atom is 0.127 e. The average Bonchev–Trinajstić information content (AvgIpc) is 2.17. The molecule has 0 aliphatic rings. The molecule has 1 atom stereocenters. The maximum absolute atomic E-state index is 13.3. The summed E-state index contributed by atoms with van der Waals surface area (Å²) in [6.07, 6.45) is 0.274. The molecule has 1 rings (SSSR count). The van der Waals surface area contributed by atoms with E-state index in [1.165, 1.54) is 13.2 Å². The molecule has 1 unspecified atom stereocenters. The van der Waals surface area contributed by atoms with Gasteiger partial charge in [0.2, 0.25) is 0 Å². The molecule has 0 amide bonds. The smallest absolute Gasteiger partial charge is 0.127 e. The van der Waals surface area contributed by atoms with Crippen LogP contribution in [0.2, 0.25) is 5.02 Å². The maximum atomic E-state index is 13.3. The van der Waals surface area contributed by atoms with Gasteiger partial charge in [-0.05, 0) is 25.0 Å². The van der Waals surface area contributed by atoms with Gasteiger partial charge in [-0.3, -0.25) is 0 Å². The average molecular weight is 233 g/mol. The summed E-state index contributed by atoms with van der Waals surface area (Å²) in [6, 6.07) is 4.57. The second-order valence-corrected chi connectivity index (χ2v) is 3.76. The highest BCUT2D eigenvalue weighted by molar-refractivity contribution is 6.31. The normalized spacial score (nSPS) is 12.8. The molecule has 1 aromatic rings. The van der Waals surface area contributed by atoms with Crippen molar-refractivity contribution in [3.63, 3.8) is 0 Å². The van der Waals surface area contributed by atoms with Gasteiger partial charge >= 0.3 is 0 Å². The molecule has 0 radical (unpaired) electrons. The molecule has 84 valence electrons. The van der Waals surface area contributed by atoms with Crippen LogP contribution in [-0.2, 0) is 11.2 Å². The minimum absolute atomic E-state index is 0.256. The Balaban J connectivity index is 2.57. The van der Waals surface area contributed by atoms with E-state index in [9.17, 15) is 9.50 Å². The van der Waals surface area contributed by atoms with Gasteiger partial charge in [-0.2, -0.15) is 0 Å². The minimum Gasteiger partial charge on any atom is -0.391 e. The molecule has 1 aromatic carbocycles. The third kappa shape index (κ3) is 3.78. The van der Waals surface area contributed by atoms with Gasteiger partial charge in [0.1, 0.15) is 5.82 Å². The first-order valence-corrected chi connectivity index (χ1v) is 5.13. The molecule has 0 aromatic heterocycles. The summed E-state index contributed by atoms with van der Waals surface area (Å²) in [5, 5.41) is 9.80. The summed E-state index contributed by atoms with van der Waals surface area (Å²) in [5.41, 5.74) is 0.453. The van der Waals surface area contributed by atoms with Crippen LogP contribution in [0.4, 0.5) is 4.39 Å². The van der Waals surface area contributed by atoms with Gasteiger partial charge in [0.15, 0.2) is 0 Å². The van der Waals surface area contributed by atoms with Crippen molar-refractivity contribution in [3.8, 4) is 0 Å². The number of methoxy groups -OCH3 is 1. The first kappa shape index (κ1) is 12.4. The van der Waals surface area contributed by atoms with Crippen molar-refractivity contribution in [1.82, 2.24) is 0 Å². The lowest BCUT2D eigenvalue weighted by molar-refractivity contribution is 0.0594. The number of benzene rings is 1. The molecule has 0 spiro atoms. The molecule has 1 N–H and O–H groups in total. The Morgan fingerprint density at radius 3 is 2.87 bits per heavy atom. The van der Waals surface area contributed by atoms with E-state index < -0.39 is 6.10 Å². The van der Waals surface area contributed by atoms with Gasteiger partial charge < -0.3 is 9.84 Å². The molecular weight excluding hydrogens is 219 g/mol. The Morgan fingerprint density at radius 2 is 2.27 bits per heavy atom. The molecule has 15 heavy (non-hydrogen) atoms. The molecule has 4 heteroatoms. The summed E-state index contributed by atoms with van der Waals surface area (Å²) in [6.45, 7) is 0.256. The van der Waals surface area contributed by atoms with Crippen molar-refractivity contribution < 1.29 is 14.2 Å². The molecule has 0 saturated heterocycles. The Labute approximate surface area is 93.6 Å². The van der Waals surface area contributed by atoms with Crippen LogP contribution in [-0.4, -0.2) is 24.9 Å². The fraction of sp³-hybridized carbons (Fsp3) is 0.455. The van der Waals surface area contributed by atoms with Crippen molar-refractivity contribution >= 4 is 11.6 Å². The summed E-state index contributed by atoms with van der Waals surface area (Å²) in [5.74, 6) is -0.327. The quantitative estimate of drug-likeness (QED) is 0.845. The van der Waals surface area contributed by atoms with Gasteiger partial charge in [0.05, 0.1) is 12.7 Å². The van der Waals surface area contributed by atoms with Crippen LogP contribution >= 0.6 is 11.6 Å². The molecule has 0 aliphatic heterocycles. The number of rotatable bonds is 5. The van der Waals surface area contributed by atoms with Crippen LogP contribution in [0.1, 0.15) is 12.0 Å². The highest BCUT2D eigenvalue weighted by Crippen LogP contribution is 2.20. The highest BCUT2D eigenvalue weighted by atomic mass is 35.5. The van der Waals surface area contributed by atoms with Crippen molar-refractivity contribution in [2.24, 2.45) is 0 Å².